The van der Waals surface area contributed by atoms with Crippen molar-refractivity contribution in [1.82, 2.24) is 4.72 Å². The van der Waals surface area contributed by atoms with Gasteiger partial charge < -0.3 is 5.11 Å². The summed E-state index contributed by atoms with van der Waals surface area (Å²) >= 11 is 5.45. The molecular weight excluding hydrogens is 262 g/mol. The van der Waals surface area contributed by atoms with E-state index in [-0.39, 0.29) is 12.4 Å². The van der Waals surface area contributed by atoms with E-state index in [2.05, 4.69) is 4.72 Å². The fourth-order valence-corrected chi connectivity index (χ4v) is 2.99. The van der Waals surface area contributed by atoms with Gasteiger partial charge >= 0.3 is 0 Å². The Hall–Kier alpha value is -0.620. The minimum absolute atomic E-state index is 0.0279. The van der Waals surface area contributed by atoms with Crippen molar-refractivity contribution in [2.24, 2.45) is 0 Å². The number of hydrogen-bond donors (Lipinski definition) is 2. The molecule has 0 aliphatic rings. The highest BCUT2D eigenvalue weighted by Crippen LogP contribution is 2.13. The molecule has 2 N–H and O–H groups in total. The summed E-state index contributed by atoms with van der Waals surface area (Å²) in [6, 6.07) is 8.36. The van der Waals surface area contributed by atoms with Crippen molar-refractivity contribution >= 4 is 21.6 Å². The van der Waals surface area contributed by atoms with E-state index in [9.17, 15) is 13.5 Å². The first-order chi connectivity index (χ1) is 8.09. The minimum atomic E-state index is -3.40. The van der Waals surface area contributed by atoms with Gasteiger partial charge in [-0.1, -0.05) is 30.3 Å². The molecule has 0 amide bonds. The molecule has 0 bridgehead atoms. The SMILES string of the molecule is O=S(=O)(CCCCl)N[C@@H](CO)c1ccccc1. The van der Waals surface area contributed by atoms with Gasteiger partial charge in [-0.2, -0.15) is 0 Å². The number of aliphatic hydroxyl groups is 1. The number of halogens is 1. The van der Waals surface area contributed by atoms with Gasteiger partial charge in [-0.15, -0.1) is 11.6 Å². The summed E-state index contributed by atoms with van der Waals surface area (Å²) in [7, 11) is -3.40. The molecule has 0 fully saturated rings. The van der Waals surface area contributed by atoms with E-state index in [4.69, 9.17) is 11.6 Å². The molecule has 6 heteroatoms. The molecule has 0 aliphatic carbocycles. The summed E-state index contributed by atoms with van der Waals surface area (Å²) in [6.45, 7) is -0.274. The van der Waals surface area contributed by atoms with Gasteiger partial charge in [-0.25, -0.2) is 13.1 Å². The van der Waals surface area contributed by atoms with E-state index in [1.165, 1.54) is 0 Å². The molecule has 1 rings (SSSR count). The van der Waals surface area contributed by atoms with Crippen molar-refractivity contribution in [3.8, 4) is 0 Å². The zero-order valence-corrected chi connectivity index (χ0v) is 10.9. The second kappa shape index (κ2) is 6.96. The van der Waals surface area contributed by atoms with Crippen LogP contribution in [-0.2, 0) is 10.0 Å². The van der Waals surface area contributed by atoms with Gasteiger partial charge in [0, 0.05) is 5.88 Å². The van der Waals surface area contributed by atoms with Gasteiger partial charge in [0.1, 0.15) is 0 Å². The number of aliphatic hydroxyl groups excluding tert-OH is 1. The molecule has 17 heavy (non-hydrogen) atoms. The monoisotopic (exact) mass is 277 g/mol. The molecule has 1 aromatic rings. The van der Waals surface area contributed by atoms with Crippen LogP contribution in [-0.4, -0.2) is 31.8 Å². The number of sulfonamides is 1. The predicted molar refractivity (Wildman–Crippen MR) is 68.5 cm³/mol. The Morgan fingerprint density at radius 3 is 2.47 bits per heavy atom. The van der Waals surface area contributed by atoms with Crippen molar-refractivity contribution in [3.05, 3.63) is 35.9 Å². The van der Waals surface area contributed by atoms with Crippen LogP contribution < -0.4 is 4.72 Å². The third-order valence-corrected chi connectivity index (χ3v) is 3.99. The molecule has 4 nitrogen and oxygen atoms in total. The maximum absolute atomic E-state index is 11.7. The lowest BCUT2D eigenvalue weighted by atomic mass is 10.1. The molecule has 0 saturated heterocycles. The fraction of sp³-hybridized carbons (Fsp3) is 0.455. The smallest absolute Gasteiger partial charge is 0.212 e. The normalized spacial score (nSPS) is 13.5. The van der Waals surface area contributed by atoms with Crippen molar-refractivity contribution in [3.63, 3.8) is 0 Å². The molecule has 0 aromatic heterocycles. The van der Waals surface area contributed by atoms with E-state index < -0.39 is 16.1 Å². The van der Waals surface area contributed by atoms with Crippen LogP contribution in [0.1, 0.15) is 18.0 Å². The Balaban J connectivity index is 2.71. The Morgan fingerprint density at radius 2 is 1.94 bits per heavy atom. The highest BCUT2D eigenvalue weighted by atomic mass is 35.5. The van der Waals surface area contributed by atoms with E-state index in [1.54, 1.807) is 24.3 Å². The average Bonchev–Trinajstić information content (AvgIpc) is 2.35. The van der Waals surface area contributed by atoms with Gasteiger partial charge in [0.15, 0.2) is 0 Å². The number of nitrogens with one attached hydrogen (secondary N) is 1. The summed E-state index contributed by atoms with van der Waals surface area (Å²) in [6.07, 6.45) is 0.393. The predicted octanol–water partition coefficient (Wildman–Crippen LogP) is 1.27. The molecule has 0 aliphatic heterocycles. The second-order valence-corrected chi connectivity index (χ2v) is 5.88. The van der Waals surface area contributed by atoms with Crippen LogP contribution in [0.25, 0.3) is 0 Å². The zero-order valence-electron chi connectivity index (χ0n) is 9.34. The maximum atomic E-state index is 11.7. The van der Waals surface area contributed by atoms with Gasteiger partial charge in [0.2, 0.25) is 10.0 Å². The molecule has 0 unspecified atom stereocenters. The third kappa shape index (κ3) is 5.04. The van der Waals surface area contributed by atoms with E-state index in [0.29, 0.717) is 12.3 Å². The highest BCUT2D eigenvalue weighted by molar-refractivity contribution is 7.89. The Morgan fingerprint density at radius 1 is 1.29 bits per heavy atom. The number of hydrogen-bond acceptors (Lipinski definition) is 3. The lowest BCUT2D eigenvalue weighted by Crippen LogP contribution is -2.32. The maximum Gasteiger partial charge on any atom is 0.212 e. The lowest BCUT2D eigenvalue weighted by Gasteiger charge is -2.16. The molecule has 0 saturated carbocycles. The first-order valence-corrected chi connectivity index (χ1v) is 7.49. The molecular formula is C11H16ClNO3S. The Kier molecular flexibility index (Phi) is 5.91. The quantitative estimate of drug-likeness (QED) is 0.738. The minimum Gasteiger partial charge on any atom is -0.394 e. The first kappa shape index (κ1) is 14.4. The van der Waals surface area contributed by atoms with Crippen LogP contribution >= 0.6 is 11.6 Å². The van der Waals surface area contributed by atoms with Crippen LogP contribution in [0.2, 0.25) is 0 Å². The standard InChI is InChI=1S/C11H16ClNO3S/c12-7-4-8-17(15,16)13-11(9-14)10-5-2-1-3-6-10/h1-3,5-6,11,13-14H,4,7-9H2/t11-/m0/s1. The molecule has 0 heterocycles. The molecule has 1 aromatic carbocycles. The second-order valence-electron chi connectivity index (χ2n) is 3.63. The first-order valence-electron chi connectivity index (χ1n) is 5.31. The number of rotatable bonds is 7. The molecule has 0 spiro atoms. The van der Waals surface area contributed by atoms with E-state index in [1.807, 2.05) is 6.07 Å². The third-order valence-electron chi connectivity index (χ3n) is 2.25. The summed E-state index contributed by atoms with van der Waals surface area (Å²) in [5.41, 5.74) is 0.740. The largest absolute Gasteiger partial charge is 0.394 e. The highest BCUT2D eigenvalue weighted by Gasteiger charge is 2.18. The topological polar surface area (TPSA) is 66.4 Å². The average molecular weight is 278 g/mol. The van der Waals surface area contributed by atoms with Crippen LogP contribution in [0.15, 0.2) is 30.3 Å². The number of benzene rings is 1. The molecule has 0 radical (unpaired) electrons. The van der Waals surface area contributed by atoms with Gasteiger partial charge in [-0.3, -0.25) is 0 Å². The van der Waals surface area contributed by atoms with Gasteiger partial charge in [-0.05, 0) is 12.0 Å². The molecule has 96 valence electrons. The van der Waals surface area contributed by atoms with Crippen LogP contribution in [0, 0.1) is 0 Å². The van der Waals surface area contributed by atoms with E-state index >= 15 is 0 Å². The van der Waals surface area contributed by atoms with Gasteiger partial charge in [0.05, 0.1) is 18.4 Å². The number of alkyl halides is 1. The van der Waals surface area contributed by atoms with E-state index in [0.717, 1.165) is 5.56 Å². The van der Waals surface area contributed by atoms with Crippen molar-refractivity contribution in [2.45, 2.75) is 12.5 Å². The summed E-state index contributed by atoms with van der Waals surface area (Å²) < 4.78 is 25.8. The summed E-state index contributed by atoms with van der Waals surface area (Å²) in [5, 5.41) is 9.22. The van der Waals surface area contributed by atoms with Gasteiger partial charge in [0.25, 0.3) is 0 Å². The van der Waals surface area contributed by atoms with Crippen molar-refractivity contribution in [1.29, 1.82) is 0 Å². The van der Waals surface area contributed by atoms with Crippen molar-refractivity contribution in [2.75, 3.05) is 18.2 Å². The fourth-order valence-electron chi connectivity index (χ4n) is 1.42. The van der Waals surface area contributed by atoms with Crippen LogP contribution in [0.4, 0.5) is 0 Å². The lowest BCUT2D eigenvalue weighted by molar-refractivity contribution is 0.259. The van der Waals surface area contributed by atoms with Crippen LogP contribution in [0.5, 0.6) is 0 Å². The van der Waals surface area contributed by atoms with Crippen LogP contribution in [0.3, 0.4) is 0 Å². The van der Waals surface area contributed by atoms with Crippen molar-refractivity contribution < 1.29 is 13.5 Å². The zero-order chi connectivity index (χ0) is 12.7. The Labute approximate surface area is 107 Å². The summed E-state index contributed by atoms with van der Waals surface area (Å²) in [5.74, 6) is 0.274. The molecule has 1 atom stereocenters. The Bertz CT molecular complexity index is 422. The summed E-state index contributed by atoms with van der Waals surface area (Å²) in [4.78, 5) is 0.